The van der Waals surface area contributed by atoms with Crippen molar-refractivity contribution in [2.24, 2.45) is 0 Å². The van der Waals surface area contributed by atoms with Crippen molar-refractivity contribution in [3.8, 4) is 5.75 Å². The normalized spacial score (nSPS) is 10.7. The number of benzene rings is 2. The van der Waals surface area contributed by atoms with E-state index in [0.717, 1.165) is 11.4 Å². The average molecular weight is 390 g/mol. The van der Waals surface area contributed by atoms with Gasteiger partial charge in [-0.1, -0.05) is 23.2 Å². The van der Waals surface area contributed by atoms with Gasteiger partial charge in [-0.25, -0.2) is 0 Å². The molecule has 3 aromatic rings. The molecular formula is C18H17Cl2N5O. The van der Waals surface area contributed by atoms with E-state index in [2.05, 4.69) is 25.8 Å². The minimum absolute atomic E-state index is 0.131. The van der Waals surface area contributed by atoms with E-state index in [1.54, 1.807) is 18.2 Å². The summed E-state index contributed by atoms with van der Waals surface area (Å²) in [6, 6.07) is 12.7. The number of nitrogens with one attached hydrogen (secondary N) is 2. The zero-order valence-corrected chi connectivity index (χ0v) is 15.7. The van der Waals surface area contributed by atoms with Crippen LogP contribution in [0.1, 0.15) is 13.8 Å². The van der Waals surface area contributed by atoms with Gasteiger partial charge in [0.1, 0.15) is 5.75 Å². The fourth-order valence-electron chi connectivity index (χ4n) is 2.17. The zero-order valence-electron chi connectivity index (χ0n) is 14.2. The van der Waals surface area contributed by atoms with Gasteiger partial charge in [-0.3, -0.25) is 0 Å². The van der Waals surface area contributed by atoms with Crippen molar-refractivity contribution in [3.05, 3.63) is 58.7 Å². The largest absolute Gasteiger partial charge is 0.491 e. The molecule has 8 heteroatoms. The second-order valence-corrected chi connectivity index (χ2v) is 6.57. The van der Waals surface area contributed by atoms with Crippen molar-refractivity contribution >= 4 is 46.3 Å². The highest BCUT2D eigenvalue weighted by molar-refractivity contribution is 6.35. The lowest BCUT2D eigenvalue weighted by Crippen LogP contribution is -2.05. The number of hydrogen-bond donors (Lipinski definition) is 2. The number of ether oxygens (including phenoxy) is 1. The molecule has 0 atom stereocenters. The third-order valence-electron chi connectivity index (χ3n) is 3.23. The SMILES string of the molecule is CC(C)Oc1ccc(Nc2cnnc(Nc3cc(Cl)ccc3Cl)n2)cc1. The van der Waals surface area contributed by atoms with Crippen molar-refractivity contribution < 1.29 is 4.74 Å². The van der Waals surface area contributed by atoms with Crippen molar-refractivity contribution in [1.29, 1.82) is 0 Å². The summed E-state index contributed by atoms with van der Waals surface area (Å²) in [6.45, 7) is 3.97. The highest BCUT2D eigenvalue weighted by Gasteiger charge is 2.06. The van der Waals surface area contributed by atoms with Gasteiger partial charge in [-0.2, -0.15) is 10.1 Å². The summed E-state index contributed by atoms with van der Waals surface area (Å²) in [7, 11) is 0. The van der Waals surface area contributed by atoms with Crippen LogP contribution < -0.4 is 15.4 Å². The third kappa shape index (κ3) is 4.97. The Morgan fingerprint density at radius 3 is 2.50 bits per heavy atom. The molecule has 2 aromatic carbocycles. The minimum Gasteiger partial charge on any atom is -0.491 e. The second-order valence-electron chi connectivity index (χ2n) is 5.73. The number of aromatic nitrogens is 3. The van der Waals surface area contributed by atoms with Gasteiger partial charge in [-0.15, -0.1) is 5.10 Å². The first-order valence-corrected chi connectivity index (χ1v) is 8.71. The summed E-state index contributed by atoms with van der Waals surface area (Å²) in [4.78, 5) is 4.38. The summed E-state index contributed by atoms with van der Waals surface area (Å²) in [5.74, 6) is 1.65. The lowest BCUT2D eigenvalue weighted by atomic mass is 10.3. The Kier molecular flexibility index (Phi) is 5.75. The van der Waals surface area contributed by atoms with E-state index in [4.69, 9.17) is 27.9 Å². The van der Waals surface area contributed by atoms with E-state index in [9.17, 15) is 0 Å². The van der Waals surface area contributed by atoms with E-state index in [1.807, 2.05) is 38.1 Å². The van der Waals surface area contributed by atoms with Gasteiger partial charge < -0.3 is 15.4 Å². The molecule has 26 heavy (non-hydrogen) atoms. The molecule has 134 valence electrons. The van der Waals surface area contributed by atoms with Crippen LogP contribution in [0.3, 0.4) is 0 Å². The Morgan fingerprint density at radius 2 is 1.77 bits per heavy atom. The predicted octanol–water partition coefficient (Wildman–Crippen LogP) is 5.45. The Labute approximate surface area is 161 Å². The summed E-state index contributed by atoms with van der Waals surface area (Å²) in [5.41, 5.74) is 1.46. The van der Waals surface area contributed by atoms with E-state index in [0.29, 0.717) is 27.5 Å². The van der Waals surface area contributed by atoms with Crippen LogP contribution in [0.15, 0.2) is 48.7 Å². The maximum Gasteiger partial charge on any atom is 0.249 e. The predicted molar refractivity (Wildman–Crippen MR) is 105 cm³/mol. The zero-order chi connectivity index (χ0) is 18.5. The highest BCUT2D eigenvalue weighted by Crippen LogP contribution is 2.27. The molecule has 2 N–H and O–H groups in total. The molecular weight excluding hydrogens is 373 g/mol. The van der Waals surface area contributed by atoms with Gasteiger partial charge >= 0.3 is 0 Å². The lowest BCUT2D eigenvalue weighted by Gasteiger charge is -2.11. The fourth-order valence-corrected chi connectivity index (χ4v) is 2.50. The minimum atomic E-state index is 0.131. The molecule has 0 aliphatic heterocycles. The van der Waals surface area contributed by atoms with Crippen LogP contribution in [-0.4, -0.2) is 21.3 Å². The molecule has 0 spiro atoms. The van der Waals surface area contributed by atoms with Gasteiger partial charge in [0.25, 0.3) is 0 Å². The maximum atomic E-state index is 6.14. The Bertz CT molecular complexity index is 887. The van der Waals surface area contributed by atoms with Crippen LogP contribution in [0.4, 0.5) is 23.1 Å². The van der Waals surface area contributed by atoms with E-state index >= 15 is 0 Å². The monoisotopic (exact) mass is 389 g/mol. The van der Waals surface area contributed by atoms with Crippen LogP contribution in [0.5, 0.6) is 5.75 Å². The quantitative estimate of drug-likeness (QED) is 0.583. The summed E-state index contributed by atoms with van der Waals surface area (Å²) >= 11 is 12.1. The third-order valence-corrected chi connectivity index (χ3v) is 3.80. The number of nitrogens with zero attached hydrogens (tertiary/aromatic N) is 3. The molecule has 6 nitrogen and oxygen atoms in total. The van der Waals surface area contributed by atoms with Gasteiger partial charge in [0.15, 0.2) is 5.82 Å². The van der Waals surface area contributed by atoms with E-state index in [-0.39, 0.29) is 6.10 Å². The van der Waals surface area contributed by atoms with Gasteiger partial charge in [-0.05, 0) is 56.3 Å². The molecule has 0 bridgehead atoms. The van der Waals surface area contributed by atoms with Crippen LogP contribution >= 0.6 is 23.2 Å². The van der Waals surface area contributed by atoms with E-state index < -0.39 is 0 Å². The molecule has 0 fully saturated rings. The Hall–Kier alpha value is -2.57. The molecule has 0 saturated carbocycles. The van der Waals surface area contributed by atoms with Gasteiger partial charge in [0.05, 0.1) is 23.0 Å². The molecule has 0 saturated heterocycles. The number of hydrogen-bond acceptors (Lipinski definition) is 6. The fraction of sp³-hybridized carbons (Fsp3) is 0.167. The average Bonchev–Trinajstić information content (AvgIpc) is 2.60. The molecule has 0 aliphatic rings. The topological polar surface area (TPSA) is 72.0 Å². The smallest absolute Gasteiger partial charge is 0.249 e. The van der Waals surface area contributed by atoms with Crippen molar-refractivity contribution in [3.63, 3.8) is 0 Å². The number of rotatable bonds is 6. The molecule has 0 aliphatic carbocycles. The van der Waals surface area contributed by atoms with Crippen molar-refractivity contribution in [2.45, 2.75) is 20.0 Å². The van der Waals surface area contributed by atoms with Crippen LogP contribution in [0.25, 0.3) is 0 Å². The van der Waals surface area contributed by atoms with Gasteiger partial charge in [0, 0.05) is 10.7 Å². The molecule has 3 rings (SSSR count). The Morgan fingerprint density at radius 1 is 1.00 bits per heavy atom. The first-order valence-electron chi connectivity index (χ1n) is 7.95. The molecule has 1 aromatic heterocycles. The molecule has 0 radical (unpaired) electrons. The second kappa shape index (κ2) is 8.21. The van der Waals surface area contributed by atoms with Crippen LogP contribution in [0, 0.1) is 0 Å². The highest BCUT2D eigenvalue weighted by atomic mass is 35.5. The number of anilines is 4. The van der Waals surface area contributed by atoms with Gasteiger partial charge in [0.2, 0.25) is 5.95 Å². The van der Waals surface area contributed by atoms with Crippen molar-refractivity contribution in [2.75, 3.05) is 10.6 Å². The van der Waals surface area contributed by atoms with E-state index in [1.165, 1.54) is 6.20 Å². The maximum absolute atomic E-state index is 6.14. The summed E-state index contributed by atoms with van der Waals surface area (Å²) in [6.07, 6.45) is 1.66. The Balaban J connectivity index is 1.72. The van der Waals surface area contributed by atoms with Crippen molar-refractivity contribution in [1.82, 2.24) is 15.2 Å². The van der Waals surface area contributed by atoms with Crippen LogP contribution in [0.2, 0.25) is 10.0 Å². The standard InChI is InChI=1S/C18H17Cl2N5O/c1-11(2)26-14-6-4-13(5-7-14)22-17-10-21-25-18(24-17)23-16-9-12(19)3-8-15(16)20/h3-11H,1-2H3,(H2,22,23,24,25). The lowest BCUT2D eigenvalue weighted by molar-refractivity contribution is 0.242. The molecule has 0 unspecified atom stereocenters. The molecule has 0 amide bonds. The summed E-state index contributed by atoms with van der Waals surface area (Å²) in [5, 5.41) is 15.2. The summed E-state index contributed by atoms with van der Waals surface area (Å²) < 4.78 is 5.63. The first-order chi connectivity index (χ1) is 12.5. The first kappa shape index (κ1) is 18.2. The molecule has 1 heterocycles. The number of halogens is 2. The van der Waals surface area contributed by atoms with Crippen LogP contribution in [-0.2, 0) is 0 Å².